The van der Waals surface area contributed by atoms with Gasteiger partial charge in [0.25, 0.3) is 0 Å². The van der Waals surface area contributed by atoms with Crippen molar-refractivity contribution in [2.75, 3.05) is 39.6 Å². The van der Waals surface area contributed by atoms with Gasteiger partial charge in [-0.2, -0.15) is 0 Å². The van der Waals surface area contributed by atoms with Crippen LogP contribution in [-0.4, -0.2) is 311 Å². The molecule has 0 saturated carbocycles. The molecular weight excluding hydrogens is 1100 g/mol. The average molecular weight is 1160 g/mol. The molecule has 0 radical (unpaired) electrons. The lowest BCUT2D eigenvalue weighted by atomic mass is 9.96. The first kappa shape index (κ1) is 65.7. The average Bonchev–Trinajstić information content (AvgIpc) is 3.38. The monoisotopic (exact) mass is 1160 g/mol. The van der Waals surface area contributed by atoms with E-state index in [1.807, 2.05) is 0 Å². The predicted octanol–water partition coefficient (Wildman–Crippen LogP) is -16.5. The van der Waals surface area contributed by atoms with E-state index >= 15 is 0 Å². The Morgan fingerprint density at radius 1 is 0.421 bits per heavy atom. The van der Waals surface area contributed by atoms with Gasteiger partial charge >= 0.3 is 0 Å². The summed E-state index contributed by atoms with van der Waals surface area (Å²) >= 11 is 0. The Morgan fingerprint density at radius 3 is 1.21 bits per heavy atom. The van der Waals surface area contributed by atoms with Gasteiger partial charge in [-0.1, -0.05) is 0 Å². The molecule has 30 atom stereocenters. The second kappa shape index (κ2) is 29.2. The summed E-state index contributed by atoms with van der Waals surface area (Å²) in [6.45, 7) is -5.82. The van der Waals surface area contributed by atoms with Crippen LogP contribution < -0.4 is 25.8 Å². The zero-order valence-corrected chi connectivity index (χ0v) is 40.6. The standard InChI is InChI=1S/C36H64NO35P.HO2P/c37-72-34-27(54)28(69-36-30(23(50)14(41)8(2-39)64-36)71-33-26(53)21(48)17(44)12(67-33)6-62-73(56,57)58)18(45)10(68-34)4-59-31-24(51)19(46)15(42)9(65-31)3-60-35-29(22(49)13(40)7(1-38)63-35)70-32-25(52)20(47)16(43)11(66-32)5-61-55;1-3-2/h7-36,38-55H,1-6,37H2,(H2,56,57,58);(H,1,2)/p-4/t7?,8?,9?,10?,11?,12?,13-,14-,15-,16-,17-,18-,19+,20+,21+,22+,23+,24?,25?,26?,27?,28+,29?,30?,31+,32-,33-,34+,35+,36-;/m1./s1. The van der Waals surface area contributed by atoms with Crippen molar-refractivity contribution < 1.29 is 182 Å². The van der Waals surface area contributed by atoms with Crippen molar-refractivity contribution in [3.8, 4) is 0 Å². The molecule has 19 N–H and O–H groups in total. The third kappa shape index (κ3) is 15.5. The molecule has 6 aliphatic heterocycles. The summed E-state index contributed by atoms with van der Waals surface area (Å²) in [7, 11) is -6.77. The molecule has 6 aliphatic rings. The first-order valence-corrected chi connectivity index (χ1v) is 24.7. The minimum absolute atomic E-state index is 0.857. The third-order valence-corrected chi connectivity index (χ3v) is 13.2. The number of aliphatic hydroxyl groups excluding tert-OH is 17. The van der Waals surface area contributed by atoms with Crippen LogP contribution in [0.1, 0.15) is 0 Å². The zero-order valence-electron chi connectivity index (χ0n) is 38.8. The quantitative estimate of drug-likeness (QED) is 0.0306. The Kier molecular flexibility index (Phi) is 25.3. The van der Waals surface area contributed by atoms with Crippen LogP contribution in [0.5, 0.6) is 0 Å². The number of nitrogens with two attached hydrogens (primary N) is 1. The number of aliphatic hydroxyl groups is 17. The van der Waals surface area contributed by atoms with E-state index in [1.165, 1.54) is 0 Å². The molecule has 0 aromatic heterocycles. The Morgan fingerprint density at radius 2 is 0.763 bits per heavy atom. The molecule has 40 heteroatoms. The van der Waals surface area contributed by atoms with Crippen LogP contribution in [0.2, 0.25) is 0 Å². The van der Waals surface area contributed by atoms with Crippen LogP contribution in [0.3, 0.4) is 0 Å². The molecule has 6 rings (SSSR count). The van der Waals surface area contributed by atoms with Gasteiger partial charge in [-0.25, -0.2) is 5.90 Å². The minimum Gasteiger partial charge on any atom is -0.790 e. The first-order chi connectivity index (χ1) is 35.8. The van der Waals surface area contributed by atoms with Crippen LogP contribution in [0.25, 0.3) is 0 Å². The summed E-state index contributed by atoms with van der Waals surface area (Å²) in [5.74, 6) is 5.34. The summed E-state index contributed by atoms with van der Waals surface area (Å²) in [5.41, 5.74) is 0. The molecule has 12 unspecified atom stereocenters. The summed E-state index contributed by atoms with van der Waals surface area (Å²) in [6.07, 6.45) is -59.5. The molecule has 0 aliphatic carbocycles. The number of hydrogen-bond donors (Lipinski definition) is 18. The van der Waals surface area contributed by atoms with Gasteiger partial charge in [0.1, 0.15) is 146 Å². The van der Waals surface area contributed by atoms with E-state index < -0.39 is 240 Å². The van der Waals surface area contributed by atoms with Crippen LogP contribution in [0, 0.1) is 0 Å². The summed E-state index contributed by atoms with van der Waals surface area (Å²) in [5, 5.41) is 192. The molecule has 38 nitrogen and oxygen atoms in total. The van der Waals surface area contributed by atoms with Crippen molar-refractivity contribution in [1.82, 2.24) is 0 Å². The smallest absolute Gasteiger partial charge is 0.206 e. The molecule has 446 valence electrons. The van der Waals surface area contributed by atoms with Gasteiger partial charge in [-0.05, 0) is 0 Å². The number of hydrogen-bond acceptors (Lipinski definition) is 38. The molecule has 0 amide bonds. The fourth-order valence-electron chi connectivity index (χ4n) is 8.56. The topological polar surface area (TPSA) is 626 Å². The highest BCUT2D eigenvalue weighted by Gasteiger charge is 2.56. The predicted molar refractivity (Wildman–Crippen MR) is 215 cm³/mol. The van der Waals surface area contributed by atoms with Gasteiger partial charge < -0.3 is 173 Å². The first-order valence-electron chi connectivity index (χ1n) is 22.6. The molecule has 76 heavy (non-hydrogen) atoms. The Bertz CT molecular complexity index is 1790. The lowest BCUT2D eigenvalue weighted by Gasteiger charge is -2.48. The second-order valence-electron chi connectivity index (χ2n) is 17.7. The highest BCUT2D eigenvalue weighted by atomic mass is 31.2. The maximum absolute atomic E-state index is 11.5. The van der Waals surface area contributed by atoms with E-state index in [4.69, 9.17) is 67.5 Å². The SMILES string of the molecule is NO[C@@H]1OC(CO[C@H]2OC(CO[C@H]3OC(CO)[C@@H](O)[C@H](O)C3O[C@H]3OC(CO[O-])[C@@H](O)[C@H](O)C3O)[C@@H](O)[C@H](O)C2O)[C@@H](O)[C@H](O[C@H]2OC(CO)[C@@H](O)[C@H](O)C2O[C@H]2OC(COP(=O)([O-])[O-])[C@@H](O)[C@H](O)C2O)C1O.O=P[O-]. The summed E-state index contributed by atoms with van der Waals surface area (Å²) in [4.78, 5) is 38.9. The molecular formula is C36H61NO37P2-4. The third-order valence-electron chi connectivity index (χ3n) is 12.8. The highest BCUT2D eigenvalue weighted by molar-refractivity contribution is 7.43. The van der Waals surface area contributed by atoms with Gasteiger partial charge in [0, 0.05) is 0 Å². The van der Waals surface area contributed by atoms with Gasteiger partial charge in [0.2, 0.25) is 6.29 Å². The number of phosphoric ester groups is 1. The number of ether oxygens (including phenoxy) is 11. The van der Waals surface area contributed by atoms with Crippen molar-refractivity contribution in [1.29, 1.82) is 0 Å². The number of phosphoric acid groups is 1. The van der Waals surface area contributed by atoms with Crippen molar-refractivity contribution in [3.63, 3.8) is 0 Å². The highest BCUT2D eigenvalue weighted by Crippen LogP contribution is 2.36. The molecule has 0 aromatic carbocycles. The van der Waals surface area contributed by atoms with Crippen LogP contribution in [-0.2, 0) is 75.5 Å². The molecule has 0 aromatic rings. The fraction of sp³-hybridized carbons (Fsp3) is 1.00. The molecule has 6 saturated heterocycles. The van der Waals surface area contributed by atoms with E-state index in [1.54, 1.807) is 0 Å². The lowest BCUT2D eigenvalue weighted by Crippen LogP contribution is -2.67. The molecule has 0 spiro atoms. The molecule has 0 bridgehead atoms. The van der Waals surface area contributed by atoms with Crippen LogP contribution in [0.4, 0.5) is 0 Å². The summed E-state index contributed by atoms with van der Waals surface area (Å²) in [6, 6.07) is 0. The van der Waals surface area contributed by atoms with E-state index in [9.17, 15) is 106 Å². The zero-order chi connectivity index (χ0) is 56.7. The maximum Gasteiger partial charge on any atom is 0.206 e. The van der Waals surface area contributed by atoms with Crippen molar-refractivity contribution in [2.24, 2.45) is 5.90 Å². The number of rotatable bonds is 20. The van der Waals surface area contributed by atoms with E-state index in [0.29, 0.717) is 0 Å². The van der Waals surface area contributed by atoms with Crippen molar-refractivity contribution in [3.05, 3.63) is 0 Å². The van der Waals surface area contributed by atoms with Crippen LogP contribution in [0.15, 0.2) is 0 Å². The van der Waals surface area contributed by atoms with Gasteiger partial charge in [0.15, 0.2) is 31.5 Å². The largest absolute Gasteiger partial charge is 0.790 e. The normalized spacial score (nSPS) is 48.5. The summed E-state index contributed by atoms with van der Waals surface area (Å²) < 4.78 is 84.6. The molecule has 6 fully saturated rings. The van der Waals surface area contributed by atoms with Gasteiger partial charge in [-0.3, -0.25) is 9.40 Å². The van der Waals surface area contributed by atoms with Crippen molar-refractivity contribution in [2.45, 2.75) is 184 Å². The lowest BCUT2D eigenvalue weighted by molar-refractivity contribution is -0.692. The minimum atomic E-state index is -5.69. The fourth-order valence-corrected chi connectivity index (χ4v) is 8.89. The maximum atomic E-state index is 11.5. The van der Waals surface area contributed by atoms with Crippen LogP contribution >= 0.6 is 16.5 Å². The van der Waals surface area contributed by atoms with Crippen molar-refractivity contribution >= 4 is 16.5 Å². The second-order valence-corrected chi connectivity index (χ2v) is 19.0. The van der Waals surface area contributed by atoms with E-state index in [0.717, 1.165) is 0 Å². The van der Waals surface area contributed by atoms with E-state index in [-0.39, 0.29) is 0 Å². The Balaban J connectivity index is 0.00000347. The Hall–Kier alpha value is -1.11. The van der Waals surface area contributed by atoms with Gasteiger partial charge in [0.05, 0.1) is 56.2 Å². The van der Waals surface area contributed by atoms with Gasteiger partial charge in [-0.15, -0.1) is 0 Å². The molecule has 6 heterocycles. The van der Waals surface area contributed by atoms with E-state index in [2.05, 4.69) is 14.2 Å². The Labute approximate surface area is 428 Å².